The van der Waals surface area contributed by atoms with Crippen molar-refractivity contribution in [1.29, 1.82) is 0 Å². The van der Waals surface area contributed by atoms with Gasteiger partial charge in [0, 0.05) is 20.9 Å². The number of amides is 1. The van der Waals surface area contributed by atoms with Crippen molar-refractivity contribution in [2.75, 3.05) is 10.6 Å². The Morgan fingerprint density at radius 2 is 2.04 bits per heavy atom. The van der Waals surface area contributed by atoms with Crippen LogP contribution in [0.25, 0.3) is 0 Å². The number of halogens is 2. The fourth-order valence-corrected chi connectivity index (χ4v) is 3.64. The summed E-state index contributed by atoms with van der Waals surface area (Å²) in [6, 6.07) is 14.4. The highest BCUT2D eigenvalue weighted by Crippen LogP contribution is 2.36. The van der Waals surface area contributed by atoms with Crippen LogP contribution >= 0.6 is 27.5 Å². The maximum Gasteiger partial charge on any atom is 0.255 e. The summed E-state index contributed by atoms with van der Waals surface area (Å²) in [5.74, 6) is 0.383. The van der Waals surface area contributed by atoms with Crippen LogP contribution in [-0.4, -0.2) is 20.7 Å². The molecule has 4 rings (SSSR count). The van der Waals surface area contributed by atoms with Crippen LogP contribution in [0.1, 0.15) is 18.5 Å². The number of benzene rings is 2. The first-order valence-electron chi connectivity index (χ1n) is 8.22. The van der Waals surface area contributed by atoms with Crippen LogP contribution in [0.2, 0.25) is 5.02 Å². The summed E-state index contributed by atoms with van der Waals surface area (Å²) in [6.45, 7) is 1.86. The second kappa shape index (κ2) is 7.17. The van der Waals surface area contributed by atoms with Crippen LogP contribution in [0, 0.1) is 0 Å². The Kier molecular flexibility index (Phi) is 4.72. The van der Waals surface area contributed by atoms with E-state index >= 15 is 0 Å². The van der Waals surface area contributed by atoms with Gasteiger partial charge in [0.1, 0.15) is 12.4 Å². The van der Waals surface area contributed by atoms with E-state index in [1.54, 1.807) is 28.9 Å². The van der Waals surface area contributed by atoms with Crippen molar-refractivity contribution >= 4 is 45.1 Å². The van der Waals surface area contributed by atoms with Gasteiger partial charge >= 0.3 is 0 Å². The van der Waals surface area contributed by atoms with E-state index in [2.05, 4.69) is 36.6 Å². The van der Waals surface area contributed by atoms with Crippen molar-refractivity contribution in [3.8, 4) is 0 Å². The minimum absolute atomic E-state index is 0.214. The van der Waals surface area contributed by atoms with Crippen LogP contribution in [0.4, 0.5) is 11.6 Å². The topological polar surface area (TPSA) is 71.8 Å². The number of hydrogen-bond donors (Lipinski definition) is 2. The number of carbonyl (C=O) groups excluding carboxylic acids is 1. The summed E-state index contributed by atoms with van der Waals surface area (Å²) in [5.41, 5.74) is 2.90. The number of hydrogen-bond acceptors (Lipinski definition) is 4. The molecule has 0 saturated carbocycles. The van der Waals surface area contributed by atoms with Crippen molar-refractivity contribution in [2.24, 2.45) is 0 Å². The zero-order valence-corrected chi connectivity index (χ0v) is 16.6. The average Bonchev–Trinajstić information content (AvgIpc) is 3.10. The third-order valence-corrected chi connectivity index (χ3v) is 5.05. The van der Waals surface area contributed by atoms with Crippen molar-refractivity contribution < 1.29 is 4.79 Å². The van der Waals surface area contributed by atoms with Gasteiger partial charge in [0.25, 0.3) is 5.91 Å². The molecule has 0 fully saturated rings. The van der Waals surface area contributed by atoms with Gasteiger partial charge in [0.15, 0.2) is 0 Å². The Balaban J connectivity index is 1.76. The molecular formula is C19H15BrClN5O. The monoisotopic (exact) mass is 443 g/mol. The summed E-state index contributed by atoms with van der Waals surface area (Å²) in [4.78, 5) is 17.4. The molecule has 1 aromatic heterocycles. The predicted octanol–water partition coefficient (Wildman–Crippen LogP) is 4.62. The summed E-state index contributed by atoms with van der Waals surface area (Å²) in [6.07, 6.45) is 1.47. The highest BCUT2D eigenvalue weighted by atomic mass is 79.9. The van der Waals surface area contributed by atoms with E-state index in [4.69, 9.17) is 11.6 Å². The molecule has 1 aliphatic heterocycles. The van der Waals surface area contributed by atoms with Crippen LogP contribution in [0.15, 0.2) is 70.6 Å². The second-order valence-electron chi connectivity index (χ2n) is 6.11. The lowest BCUT2D eigenvalue weighted by atomic mass is 9.95. The maximum atomic E-state index is 13.1. The number of rotatable bonds is 3. The SMILES string of the molecule is CC1=C(C(=O)Nc2ccc(Cl)cc2)C(c2cccc(Br)c2)n2ncnc2N1. The van der Waals surface area contributed by atoms with Crippen molar-refractivity contribution in [3.05, 3.63) is 81.2 Å². The molecule has 0 aliphatic carbocycles. The molecule has 1 atom stereocenters. The van der Waals surface area contributed by atoms with E-state index < -0.39 is 6.04 Å². The molecule has 1 amide bonds. The summed E-state index contributed by atoms with van der Waals surface area (Å²) in [5, 5.41) is 11.0. The third-order valence-electron chi connectivity index (χ3n) is 4.31. The lowest BCUT2D eigenvalue weighted by Gasteiger charge is -2.28. The van der Waals surface area contributed by atoms with Crippen molar-refractivity contribution in [1.82, 2.24) is 14.8 Å². The minimum atomic E-state index is -0.395. The van der Waals surface area contributed by atoms with Gasteiger partial charge in [0.05, 0.1) is 5.57 Å². The Hall–Kier alpha value is -2.64. The quantitative estimate of drug-likeness (QED) is 0.618. The molecule has 0 saturated heterocycles. The van der Waals surface area contributed by atoms with E-state index in [1.807, 2.05) is 31.2 Å². The molecule has 2 heterocycles. The van der Waals surface area contributed by atoms with Gasteiger partial charge < -0.3 is 10.6 Å². The first-order chi connectivity index (χ1) is 13.0. The summed E-state index contributed by atoms with van der Waals surface area (Å²) in [7, 11) is 0. The van der Waals surface area contributed by atoms with E-state index in [0.29, 0.717) is 22.2 Å². The van der Waals surface area contributed by atoms with Gasteiger partial charge in [-0.2, -0.15) is 10.1 Å². The standard InChI is InChI=1S/C19H15BrClN5O/c1-11-16(18(27)25-15-7-5-14(21)6-8-15)17(12-3-2-4-13(20)9-12)26-19(24-11)22-10-23-26/h2-10,17H,1H3,(H,25,27)(H,22,23,24). The molecule has 0 bridgehead atoms. The largest absolute Gasteiger partial charge is 0.328 e. The average molecular weight is 445 g/mol. The molecular weight excluding hydrogens is 430 g/mol. The number of carbonyl (C=O) groups is 1. The number of anilines is 2. The highest BCUT2D eigenvalue weighted by Gasteiger charge is 2.33. The predicted molar refractivity (Wildman–Crippen MR) is 109 cm³/mol. The number of nitrogens with one attached hydrogen (secondary N) is 2. The highest BCUT2D eigenvalue weighted by molar-refractivity contribution is 9.10. The molecule has 8 heteroatoms. The fraction of sp³-hybridized carbons (Fsp3) is 0.105. The van der Waals surface area contributed by atoms with Crippen LogP contribution in [0.3, 0.4) is 0 Å². The summed E-state index contributed by atoms with van der Waals surface area (Å²) >= 11 is 9.43. The molecule has 27 heavy (non-hydrogen) atoms. The van der Waals surface area contributed by atoms with Crippen molar-refractivity contribution in [3.63, 3.8) is 0 Å². The molecule has 0 spiro atoms. The van der Waals surface area contributed by atoms with E-state index in [9.17, 15) is 4.79 Å². The molecule has 3 aromatic rings. The summed E-state index contributed by atoms with van der Waals surface area (Å²) < 4.78 is 2.64. The Morgan fingerprint density at radius 1 is 1.26 bits per heavy atom. The number of aromatic nitrogens is 3. The van der Waals surface area contributed by atoms with Gasteiger partial charge in [-0.15, -0.1) is 0 Å². The van der Waals surface area contributed by atoms with Crippen LogP contribution in [0.5, 0.6) is 0 Å². The Labute approximate surface area is 169 Å². The smallest absolute Gasteiger partial charge is 0.255 e. The van der Waals surface area contributed by atoms with Gasteiger partial charge in [-0.1, -0.05) is 39.7 Å². The minimum Gasteiger partial charge on any atom is -0.328 e. The molecule has 0 radical (unpaired) electrons. The number of allylic oxidation sites excluding steroid dienone is 1. The molecule has 2 aromatic carbocycles. The number of nitrogens with zero attached hydrogens (tertiary/aromatic N) is 3. The molecule has 2 N–H and O–H groups in total. The van der Waals surface area contributed by atoms with Gasteiger partial charge in [0.2, 0.25) is 5.95 Å². The Bertz CT molecular complexity index is 1040. The normalized spacial score (nSPS) is 15.9. The first kappa shape index (κ1) is 17.8. The molecule has 136 valence electrons. The van der Waals surface area contributed by atoms with Gasteiger partial charge in [-0.25, -0.2) is 4.68 Å². The van der Waals surface area contributed by atoms with Gasteiger partial charge in [-0.3, -0.25) is 4.79 Å². The third kappa shape index (κ3) is 3.48. The lowest BCUT2D eigenvalue weighted by Crippen LogP contribution is -2.31. The van der Waals surface area contributed by atoms with E-state index in [0.717, 1.165) is 15.7 Å². The number of fused-ring (bicyclic) bond motifs is 1. The second-order valence-corrected chi connectivity index (χ2v) is 7.46. The molecule has 6 nitrogen and oxygen atoms in total. The fourth-order valence-electron chi connectivity index (χ4n) is 3.10. The van der Waals surface area contributed by atoms with E-state index in [1.165, 1.54) is 6.33 Å². The molecule has 1 aliphatic rings. The van der Waals surface area contributed by atoms with Gasteiger partial charge in [-0.05, 0) is 48.9 Å². The zero-order chi connectivity index (χ0) is 19.0. The molecule has 1 unspecified atom stereocenters. The maximum absolute atomic E-state index is 13.1. The van der Waals surface area contributed by atoms with Crippen molar-refractivity contribution in [2.45, 2.75) is 13.0 Å². The van der Waals surface area contributed by atoms with Crippen LogP contribution in [-0.2, 0) is 4.79 Å². The lowest BCUT2D eigenvalue weighted by molar-refractivity contribution is -0.113. The first-order valence-corrected chi connectivity index (χ1v) is 9.39. The van der Waals surface area contributed by atoms with E-state index in [-0.39, 0.29) is 5.91 Å². The van der Waals surface area contributed by atoms with Crippen LogP contribution < -0.4 is 10.6 Å². The zero-order valence-electron chi connectivity index (χ0n) is 14.3. The Morgan fingerprint density at radius 3 is 2.78 bits per heavy atom.